The molecule has 0 radical (unpaired) electrons. The number of oxazole rings is 1. The van der Waals surface area contributed by atoms with Crippen LogP contribution in [0.4, 0.5) is 0 Å². The van der Waals surface area contributed by atoms with Crippen molar-refractivity contribution in [1.29, 1.82) is 0 Å². The van der Waals surface area contributed by atoms with E-state index in [4.69, 9.17) is 4.42 Å². The van der Waals surface area contributed by atoms with E-state index in [1.807, 2.05) is 36.4 Å². The lowest BCUT2D eigenvalue weighted by Crippen LogP contribution is -2.50. The fourth-order valence-electron chi connectivity index (χ4n) is 3.62. The zero-order valence-electron chi connectivity index (χ0n) is 15.4. The Balaban J connectivity index is 1.39. The molecule has 2 fully saturated rings. The third kappa shape index (κ3) is 3.26. The zero-order chi connectivity index (χ0) is 19.1. The number of nitrogens with one attached hydrogen (secondary N) is 2. The van der Waals surface area contributed by atoms with Crippen LogP contribution in [0.25, 0.3) is 22.2 Å². The number of hydrogen-bond donors (Lipinski definition) is 2. The minimum atomic E-state index is -0.461. The Morgan fingerprint density at radius 2 is 1.96 bits per heavy atom. The molecule has 1 aliphatic carbocycles. The third-order valence-corrected chi connectivity index (χ3v) is 5.38. The molecule has 5 rings (SSSR count). The van der Waals surface area contributed by atoms with Crippen LogP contribution < -0.4 is 10.6 Å². The molecule has 6 nitrogen and oxygen atoms in total. The summed E-state index contributed by atoms with van der Waals surface area (Å²) in [5, 5.41) is 5.63. The van der Waals surface area contributed by atoms with Gasteiger partial charge in [-0.15, -0.1) is 0 Å². The van der Waals surface area contributed by atoms with E-state index in [9.17, 15) is 9.59 Å². The maximum Gasteiger partial charge on any atom is 0.251 e. The first-order valence-electron chi connectivity index (χ1n) is 9.77. The van der Waals surface area contributed by atoms with Gasteiger partial charge in [-0.1, -0.05) is 18.2 Å². The van der Waals surface area contributed by atoms with Crippen molar-refractivity contribution < 1.29 is 14.0 Å². The van der Waals surface area contributed by atoms with Gasteiger partial charge < -0.3 is 15.1 Å². The van der Waals surface area contributed by atoms with E-state index in [2.05, 4.69) is 15.6 Å². The van der Waals surface area contributed by atoms with Crippen LogP contribution >= 0.6 is 0 Å². The summed E-state index contributed by atoms with van der Waals surface area (Å²) in [4.78, 5) is 29.1. The first kappa shape index (κ1) is 17.0. The van der Waals surface area contributed by atoms with Crippen LogP contribution in [0.15, 0.2) is 46.9 Å². The largest absolute Gasteiger partial charge is 0.440 e. The highest BCUT2D eigenvalue weighted by atomic mass is 16.3. The second-order valence-corrected chi connectivity index (χ2v) is 7.55. The van der Waals surface area contributed by atoms with Crippen LogP contribution in [0.2, 0.25) is 0 Å². The summed E-state index contributed by atoms with van der Waals surface area (Å²) in [6, 6.07) is 12.9. The predicted octanol–water partition coefficient (Wildman–Crippen LogP) is 3.38. The number of aromatic nitrogens is 1. The topological polar surface area (TPSA) is 84.2 Å². The Kier molecular flexibility index (Phi) is 4.11. The molecule has 2 heterocycles. The van der Waals surface area contributed by atoms with Gasteiger partial charge in [0.1, 0.15) is 11.6 Å². The van der Waals surface area contributed by atoms with Gasteiger partial charge in [0.15, 0.2) is 11.5 Å². The number of fused-ring (bicyclic) bond motifs is 1. The fraction of sp³-hybridized carbons (Fsp3) is 0.318. The predicted molar refractivity (Wildman–Crippen MR) is 105 cm³/mol. The fourth-order valence-corrected chi connectivity index (χ4v) is 3.62. The molecule has 0 spiro atoms. The van der Waals surface area contributed by atoms with Gasteiger partial charge in [-0.25, -0.2) is 4.98 Å². The van der Waals surface area contributed by atoms with Crippen molar-refractivity contribution in [1.82, 2.24) is 15.6 Å². The summed E-state index contributed by atoms with van der Waals surface area (Å²) in [5.74, 6) is 0.951. The molecule has 28 heavy (non-hydrogen) atoms. The molecule has 1 saturated carbocycles. The number of nitrogens with zero attached hydrogens (tertiary/aromatic N) is 1. The van der Waals surface area contributed by atoms with Gasteiger partial charge in [0.05, 0.1) is 0 Å². The molecule has 6 heteroatoms. The average Bonchev–Trinajstić information content (AvgIpc) is 3.48. The highest BCUT2D eigenvalue weighted by Gasteiger charge is 2.29. The molecule has 1 unspecified atom stereocenters. The quantitative estimate of drug-likeness (QED) is 0.732. The van der Waals surface area contributed by atoms with E-state index in [0.717, 1.165) is 47.4 Å². The molecule has 2 amide bonds. The van der Waals surface area contributed by atoms with E-state index in [1.54, 1.807) is 6.07 Å². The minimum Gasteiger partial charge on any atom is -0.440 e. The van der Waals surface area contributed by atoms with E-state index >= 15 is 0 Å². The average molecular weight is 375 g/mol. The van der Waals surface area contributed by atoms with E-state index < -0.39 is 6.04 Å². The summed E-state index contributed by atoms with van der Waals surface area (Å²) >= 11 is 0. The maximum atomic E-state index is 12.6. The van der Waals surface area contributed by atoms with E-state index in [0.29, 0.717) is 24.4 Å². The molecule has 1 aliphatic heterocycles. The van der Waals surface area contributed by atoms with E-state index in [-0.39, 0.29) is 11.8 Å². The third-order valence-electron chi connectivity index (χ3n) is 5.38. The van der Waals surface area contributed by atoms with Crippen molar-refractivity contribution in [2.45, 2.75) is 37.6 Å². The molecule has 3 aromatic rings. The molecule has 1 atom stereocenters. The summed E-state index contributed by atoms with van der Waals surface area (Å²) in [6.45, 7) is 0.674. The van der Waals surface area contributed by atoms with Crippen LogP contribution in [0, 0.1) is 0 Å². The highest BCUT2D eigenvalue weighted by molar-refractivity contribution is 5.98. The summed E-state index contributed by atoms with van der Waals surface area (Å²) < 4.78 is 5.83. The zero-order valence-corrected chi connectivity index (χ0v) is 15.4. The van der Waals surface area contributed by atoms with Crippen LogP contribution in [0.5, 0.6) is 0 Å². The molecule has 1 aromatic heterocycles. The van der Waals surface area contributed by atoms with Gasteiger partial charge in [-0.3, -0.25) is 9.59 Å². The number of carbonyl (C=O) groups excluding carboxylic acids is 2. The molecule has 2 aromatic carbocycles. The van der Waals surface area contributed by atoms with Gasteiger partial charge in [0.25, 0.3) is 5.91 Å². The number of rotatable bonds is 4. The normalized spacial score (nSPS) is 19.4. The SMILES string of the molecule is O=C(NC1CCCNC1=O)c1cccc(-c2ccc3oc(C4CC4)nc3c2)c1. The Morgan fingerprint density at radius 1 is 1.11 bits per heavy atom. The van der Waals surface area contributed by atoms with Crippen molar-refractivity contribution in [3.63, 3.8) is 0 Å². The van der Waals surface area contributed by atoms with Crippen LogP contribution in [-0.2, 0) is 4.79 Å². The summed E-state index contributed by atoms with van der Waals surface area (Å²) in [7, 11) is 0. The monoisotopic (exact) mass is 375 g/mol. The smallest absolute Gasteiger partial charge is 0.251 e. The molecular formula is C22H21N3O3. The van der Waals surface area contributed by atoms with Crippen LogP contribution in [0.3, 0.4) is 0 Å². The lowest BCUT2D eigenvalue weighted by Gasteiger charge is -2.22. The maximum absolute atomic E-state index is 12.6. The molecule has 142 valence electrons. The molecular weight excluding hydrogens is 354 g/mol. The van der Waals surface area contributed by atoms with Crippen molar-refractivity contribution in [2.75, 3.05) is 6.54 Å². The second kappa shape index (κ2) is 6.78. The number of amides is 2. The van der Waals surface area contributed by atoms with E-state index in [1.165, 1.54) is 0 Å². The van der Waals surface area contributed by atoms with Gasteiger partial charge in [0.2, 0.25) is 5.91 Å². The lowest BCUT2D eigenvalue weighted by atomic mass is 10.0. The Bertz CT molecular complexity index is 1070. The van der Waals surface area contributed by atoms with Crippen LogP contribution in [-0.4, -0.2) is 29.4 Å². The molecule has 2 N–H and O–H groups in total. The highest BCUT2D eigenvalue weighted by Crippen LogP contribution is 2.40. The summed E-state index contributed by atoms with van der Waals surface area (Å²) in [6.07, 6.45) is 3.84. The molecule has 2 aliphatic rings. The second-order valence-electron chi connectivity index (χ2n) is 7.55. The first-order valence-corrected chi connectivity index (χ1v) is 9.77. The molecule has 1 saturated heterocycles. The van der Waals surface area contributed by atoms with Crippen molar-refractivity contribution in [3.8, 4) is 11.1 Å². The van der Waals surface area contributed by atoms with Gasteiger partial charge >= 0.3 is 0 Å². The van der Waals surface area contributed by atoms with Gasteiger partial charge in [-0.2, -0.15) is 0 Å². The van der Waals surface area contributed by atoms with Crippen molar-refractivity contribution in [2.24, 2.45) is 0 Å². The van der Waals surface area contributed by atoms with Crippen molar-refractivity contribution >= 4 is 22.9 Å². The Hall–Kier alpha value is -3.15. The minimum absolute atomic E-state index is 0.112. The lowest BCUT2D eigenvalue weighted by molar-refractivity contribution is -0.124. The number of hydrogen-bond acceptors (Lipinski definition) is 4. The Labute approximate surface area is 162 Å². The number of piperidine rings is 1. The van der Waals surface area contributed by atoms with Gasteiger partial charge in [-0.05, 0) is 61.1 Å². The van der Waals surface area contributed by atoms with Crippen molar-refractivity contribution in [3.05, 3.63) is 53.9 Å². The first-order chi connectivity index (χ1) is 13.7. The Morgan fingerprint density at radius 3 is 2.79 bits per heavy atom. The van der Waals surface area contributed by atoms with Gasteiger partial charge in [0, 0.05) is 18.0 Å². The van der Waals surface area contributed by atoms with Crippen LogP contribution in [0.1, 0.15) is 47.8 Å². The molecule has 0 bridgehead atoms. The summed E-state index contributed by atoms with van der Waals surface area (Å²) in [5.41, 5.74) is 4.08. The number of benzene rings is 2. The standard InChI is InChI=1S/C22H21N3O3/c26-20(24-17-5-2-10-23-21(17)27)16-4-1-3-14(11-16)15-8-9-19-18(12-15)25-22(28-19)13-6-7-13/h1,3-4,8-9,11-13,17H,2,5-7,10H2,(H,23,27)(H,24,26). The number of carbonyl (C=O) groups is 2.